The molecule has 1 aliphatic carbocycles. The molecule has 5 heteroatoms. The number of likely N-dealkylation sites (tertiary alicyclic amines) is 1. The van der Waals surface area contributed by atoms with Crippen LogP contribution in [0.3, 0.4) is 0 Å². The van der Waals surface area contributed by atoms with E-state index in [9.17, 15) is 13.2 Å². The monoisotopic (exact) mass is 309 g/mol. The van der Waals surface area contributed by atoms with Crippen molar-refractivity contribution >= 4 is 0 Å². The lowest BCUT2D eigenvalue weighted by Gasteiger charge is -2.50. The predicted octanol–water partition coefficient (Wildman–Crippen LogP) is 4.29. The van der Waals surface area contributed by atoms with Crippen LogP contribution in [-0.4, -0.2) is 49.8 Å². The quantitative estimate of drug-likeness (QED) is 0.751. The van der Waals surface area contributed by atoms with Gasteiger partial charge < -0.3 is 9.64 Å². The van der Waals surface area contributed by atoms with Gasteiger partial charge in [-0.15, -0.1) is 0 Å². The lowest BCUT2D eigenvalue weighted by Crippen LogP contribution is -2.55. The van der Waals surface area contributed by atoms with Gasteiger partial charge in [0.15, 0.2) is 0 Å². The first kappa shape index (κ1) is 18.8. The van der Waals surface area contributed by atoms with Gasteiger partial charge in [-0.05, 0) is 46.7 Å². The van der Waals surface area contributed by atoms with Crippen LogP contribution in [0, 0.1) is 5.41 Å². The molecule has 2 fully saturated rings. The van der Waals surface area contributed by atoms with Crippen molar-refractivity contribution in [1.82, 2.24) is 4.90 Å². The third-order valence-corrected chi connectivity index (χ3v) is 4.00. The van der Waals surface area contributed by atoms with Crippen LogP contribution in [0.4, 0.5) is 13.2 Å². The van der Waals surface area contributed by atoms with Crippen LogP contribution in [0.2, 0.25) is 0 Å². The Morgan fingerprint density at radius 3 is 2.05 bits per heavy atom. The highest BCUT2D eigenvalue weighted by molar-refractivity contribution is 5.01. The second kappa shape index (κ2) is 8.37. The Labute approximate surface area is 127 Å². The molecule has 1 aliphatic heterocycles. The van der Waals surface area contributed by atoms with Crippen LogP contribution >= 0.6 is 0 Å². The topological polar surface area (TPSA) is 12.5 Å². The second-order valence-electron chi connectivity index (χ2n) is 6.67. The van der Waals surface area contributed by atoms with Gasteiger partial charge in [-0.1, -0.05) is 6.42 Å². The standard InChI is InChI=1S/C14H25F2NO.C2H5F/c1-12(2)18-11-13(8-14(15,16)9-13)10-17-6-4-3-5-7-17;1-2-3/h12H,3-11H2,1-2H3;2H2,1H3. The molecule has 1 saturated heterocycles. The maximum atomic E-state index is 13.2. The maximum absolute atomic E-state index is 13.2. The number of nitrogens with zero attached hydrogens (tertiary/aromatic N) is 1. The average Bonchev–Trinajstić information content (AvgIpc) is 2.36. The van der Waals surface area contributed by atoms with Gasteiger partial charge in [0.1, 0.15) is 0 Å². The van der Waals surface area contributed by atoms with Gasteiger partial charge in [0.2, 0.25) is 5.92 Å². The molecule has 2 aliphatic rings. The molecule has 2 rings (SSSR count). The fourth-order valence-corrected chi connectivity index (χ4v) is 3.24. The van der Waals surface area contributed by atoms with Crippen LogP contribution in [0.5, 0.6) is 0 Å². The number of piperidine rings is 1. The van der Waals surface area contributed by atoms with Crippen molar-refractivity contribution in [3.8, 4) is 0 Å². The van der Waals surface area contributed by atoms with Gasteiger partial charge in [-0.25, -0.2) is 8.78 Å². The molecule has 0 bridgehead atoms. The molecule has 0 radical (unpaired) electrons. The summed E-state index contributed by atoms with van der Waals surface area (Å²) in [6.07, 6.45) is 3.82. The third kappa shape index (κ3) is 6.55. The summed E-state index contributed by atoms with van der Waals surface area (Å²) in [6.45, 7) is 8.53. The maximum Gasteiger partial charge on any atom is 0.249 e. The van der Waals surface area contributed by atoms with Gasteiger partial charge in [-0.3, -0.25) is 4.39 Å². The van der Waals surface area contributed by atoms with E-state index >= 15 is 0 Å². The minimum absolute atomic E-state index is 0.00319. The fraction of sp³-hybridized carbons (Fsp3) is 1.00. The molecular weight excluding hydrogens is 279 g/mol. The Morgan fingerprint density at radius 2 is 1.62 bits per heavy atom. The van der Waals surface area contributed by atoms with E-state index < -0.39 is 5.92 Å². The number of hydrogen-bond acceptors (Lipinski definition) is 2. The number of alkyl halides is 3. The first-order valence-corrected chi connectivity index (χ1v) is 8.10. The summed E-state index contributed by atoms with van der Waals surface area (Å²) in [5.41, 5.74) is -0.300. The van der Waals surface area contributed by atoms with E-state index in [0.717, 1.165) is 19.6 Å². The van der Waals surface area contributed by atoms with E-state index in [0.29, 0.717) is 6.61 Å². The summed E-state index contributed by atoms with van der Waals surface area (Å²) in [5, 5.41) is 0. The Morgan fingerprint density at radius 1 is 1.10 bits per heavy atom. The Balaban J connectivity index is 0.000000677. The van der Waals surface area contributed by atoms with Gasteiger partial charge in [-0.2, -0.15) is 0 Å². The Kier molecular flexibility index (Phi) is 7.48. The van der Waals surface area contributed by atoms with Gasteiger partial charge in [0.05, 0.1) is 19.4 Å². The van der Waals surface area contributed by atoms with E-state index in [1.54, 1.807) is 0 Å². The number of halogens is 3. The van der Waals surface area contributed by atoms with E-state index in [4.69, 9.17) is 4.74 Å². The van der Waals surface area contributed by atoms with Crippen molar-refractivity contribution in [3.63, 3.8) is 0 Å². The Hall–Kier alpha value is -0.290. The van der Waals surface area contributed by atoms with E-state index in [1.807, 2.05) is 13.8 Å². The highest BCUT2D eigenvalue weighted by Gasteiger charge is 2.57. The largest absolute Gasteiger partial charge is 0.378 e. The normalized spacial score (nSPS) is 24.1. The summed E-state index contributed by atoms with van der Waals surface area (Å²) in [7, 11) is 0. The Bertz CT molecular complexity index is 283. The summed E-state index contributed by atoms with van der Waals surface area (Å²) in [5.74, 6) is -2.46. The summed E-state index contributed by atoms with van der Waals surface area (Å²) >= 11 is 0. The van der Waals surface area contributed by atoms with Crippen molar-refractivity contribution in [3.05, 3.63) is 0 Å². The first-order valence-electron chi connectivity index (χ1n) is 8.10. The van der Waals surface area contributed by atoms with Gasteiger partial charge in [0.25, 0.3) is 0 Å². The number of ether oxygens (including phenoxy) is 1. The summed E-state index contributed by atoms with van der Waals surface area (Å²) in [4.78, 5) is 2.35. The van der Waals surface area contributed by atoms with Crippen molar-refractivity contribution < 1.29 is 17.9 Å². The molecule has 0 atom stereocenters. The SMILES string of the molecule is CC(C)OCC1(CN2CCCCC2)CC(F)(F)C1.CCF. The highest BCUT2D eigenvalue weighted by Crippen LogP contribution is 2.52. The molecule has 0 unspecified atom stereocenters. The molecule has 1 saturated carbocycles. The number of rotatable bonds is 5. The second-order valence-corrected chi connectivity index (χ2v) is 6.67. The average molecular weight is 309 g/mol. The highest BCUT2D eigenvalue weighted by atomic mass is 19.3. The van der Waals surface area contributed by atoms with Crippen molar-refractivity contribution in [1.29, 1.82) is 0 Å². The van der Waals surface area contributed by atoms with Crippen LogP contribution in [0.1, 0.15) is 52.9 Å². The van der Waals surface area contributed by atoms with Crippen LogP contribution < -0.4 is 0 Å². The number of hydrogen-bond donors (Lipinski definition) is 0. The zero-order valence-electron chi connectivity index (χ0n) is 13.6. The molecule has 2 nitrogen and oxygen atoms in total. The van der Waals surface area contributed by atoms with E-state index in [1.165, 1.54) is 26.2 Å². The lowest BCUT2D eigenvalue weighted by atomic mass is 9.66. The molecule has 0 N–H and O–H groups in total. The van der Waals surface area contributed by atoms with Crippen LogP contribution in [0.25, 0.3) is 0 Å². The zero-order valence-corrected chi connectivity index (χ0v) is 13.6. The first-order chi connectivity index (χ1) is 9.82. The summed E-state index contributed by atoms with van der Waals surface area (Å²) < 4.78 is 42.4. The zero-order chi connectivity index (χ0) is 15.9. The minimum atomic E-state index is -2.46. The van der Waals surface area contributed by atoms with Crippen molar-refractivity contribution in [2.24, 2.45) is 5.41 Å². The van der Waals surface area contributed by atoms with Crippen molar-refractivity contribution in [2.75, 3.05) is 32.9 Å². The van der Waals surface area contributed by atoms with E-state index in [2.05, 4.69) is 4.90 Å². The predicted molar refractivity (Wildman–Crippen MR) is 79.6 cm³/mol. The third-order valence-electron chi connectivity index (χ3n) is 4.00. The van der Waals surface area contributed by atoms with E-state index in [-0.39, 0.29) is 31.0 Å². The molecule has 0 amide bonds. The van der Waals surface area contributed by atoms with Gasteiger partial charge >= 0.3 is 0 Å². The smallest absolute Gasteiger partial charge is 0.249 e. The summed E-state index contributed by atoms with van der Waals surface area (Å²) in [6, 6.07) is 0. The lowest BCUT2D eigenvalue weighted by molar-refractivity contribution is -0.194. The minimum Gasteiger partial charge on any atom is -0.378 e. The molecule has 0 aromatic carbocycles. The van der Waals surface area contributed by atoms with Crippen LogP contribution in [0.15, 0.2) is 0 Å². The molecule has 0 aromatic heterocycles. The fourth-order valence-electron chi connectivity index (χ4n) is 3.24. The molecule has 126 valence electrons. The van der Waals surface area contributed by atoms with Crippen LogP contribution in [-0.2, 0) is 4.74 Å². The molecular formula is C16H30F3NO. The van der Waals surface area contributed by atoms with Crippen molar-refractivity contribution in [2.45, 2.75) is 64.9 Å². The van der Waals surface area contributed by atoms with Gasteiger partial charge in [0, 0.05) is 24.8 Å². The molecule has 0 spiro atoms. The molecule has 1 heterocycles. The molecule has 21 heavy (non-hydrogen) atoms. The molecule has 0 aromatic rings.